The van der Waals surface area contributed by atoms with Gasteiger partial charge in [-0.3, -0.25) is 0 Å². The lowest BCUT2D eigenvalue weighted by Gasteiger charge is -2.17. The van der Waals surface area contributed by atoms with Gasteiger partial charge in [0.25, 0.3) is 0 Å². The number of hydrogen-bond donors (Lipinski definition) is 0. The first-order valence-electron chi connectivity index (χ1n) is 6.05. The standard InChI is InChI=1S/C13H24O2/c1-4-13-12(7-9-15-13)10-11(2)6-5-8-14-3/h12-13H,2,4-10H2,1,3H3. The summed E-state index contributed by atoms with van der Waals surface area (Å²) in [6.45, 7) is 8.14. The zero-order chi connectivity index (χ0) is 11.1. The van der Waals surface area contributed by atoms with Crippen LogP contribution in [-0.2, 0) is 9.47 Å². The quantitative estimate of drug-likeness (QED) is 0.476. The third kappa shape index (κ3) is 4.35. The Labute approximate surface area is 93.7 Å². The highest BCUT2D eigenvalue weighted by atomic mass is 16.5. The van der Waals surface area contributed by atoms with Crippen molar-refractivity contribution in [3.63, 3.8) is 0 Å². The third-order valence-electron chi connectivity index (χ3n) is 3.18. The predicted octanol–water partition coefficient (Wildman–Crippen LogP) is 3.17. The van der Waals surface area contributed by atoms with Crippen LogP contribution in [-0.4, -0.2) is 26.4 Å². The summed E-state index contributed by atoms with van der Waals surface area (Å²) in [4.78, 5) is 0. The number of allylic oxidation sites excluding steroid dienone is 1. The van der Waals surface area contributed by atoms with Gasteiger partial charge in [-0.25, -0.2) is 0 Å². The molecule has 0 aromatic heterocycles. The molecule has 0 N–H and O–H groups in total. The van der Waals surface area contributed by atoms with Crippen molar-refractivity contribution >= 4 is 0 Å². The van der Waals surface area contributed by atoms with Crippen LogP contribution in [0.15, 0.2) is 12.2 Å². The van der Waals surface area contributed by atoms with E-state index in [2.05, 4.69) is 13.5 Å². The minimum Gasteiger partial charge on any atom is -0.385 e. The zero-order valence-electron chi connectivity index (χ0n) is 10.1. The van der Waals surface area contributed by atoms with Crippen molar-refractivity contribution in [3.8, 4) is 0 Å². The molecule has 1 saturated heterocycles. The minimum atomic E-state index is 0.476. The van der Waals surface area contributed by atoms with Gasteiger partial charge in [-0.2, -0.15) is 0 Å². The molecule has 0 bridgehead atoms. The molecule has 2 nitrogen and oxygen atoms in total. The lowest BCUT2D eigenvalue weighted by atomic mass is 9.91. The highest BCUT2D eigenvalue weighted by Gasteiger charge is 2.26. The average molecular weight is 212 g/mol. The minimum absolute atomic E-state index is 0.476. The topological polar surface area (TPSA) is 18.5 Å². The van der Waals surface area contributed by atoms with Gasteiger partial charge in [-0.1, -0.05) is 19.1 Å². The Hall–Kier alpha value is -0.340. The Morgan fingerprint density at radius 2 is 2.33 bits per heavy atom. The first-order chi connectivity index (χ1) is 7.27. The summed E-state index contributed by atoms with van der Waals surface area (Å²) in [5.41, 5.74) is 1.36. The van der Waals surface area contributed by atoms with E-state index in [9.17, 15) is 0 Å². The highest BCUT2D eigenvalue weighted by Crippen LogP contribution is 2.29. The first kappa shape index (κ1) is 12.7. The van der Waals surface area contributed by atoms with Crippen molar-refractivity contribution in [3.05, 3.63) is 12.2 Å². The molecule has 1 aliphatic heterocycles. The summed E-state index contributed by atoms with van der Waals surface area (Å²) in [6, 6.07) is 0. The van der Waals surface area contributed by atoms with Crippen molar-refractivity contribution in [2.24, 2.45) is 5.92 Å². The molecule has 0 spiro atoms. The van der Waals surface area contributed by atoms with E-state index in [0.29, 0.717) is 12.0 Å². The fourth-order valence-electron chi connectivity index (χ4n) is 2.32. The molecule has 0 amide bonds. The van der Waals surface area contributed by atoms with E-state index in [1.807, 2.05) is 0 Å². The van der Waals surface area contributed by atoms with Gasteiger partial charge in [0.05, 0.1) is 6.10 Å². The van der Waals surface area contributed by atoms with Gasteiger partial charge in [0.15, 0.2) is 0 Å². The summed E-state index contributed by atoms with van der Waals surface area (Å²) in [6.07, 6.45) is 6.16. The molecule has 1 heterocycles. The van der Waals surface area contributed by atoms with Crippen LogP contribution >= 0.6 is 0 Å². The normalized spacial score (nSPS) is 25.7. The summed E-state index contributed by atoms with van der Waals surface area (Å²) >= 11 is 0. The lowest BCUT2D eigenvalue weighted by Crippen LogP contribution is -2.15. The largest absolute Gasteiger partial charge is 0.385 e. The van der Waals surface area contributed by atoms with E-state index in [0.717, 1.165) is 38.9 Å². The molecule has 1 fully saturated rings. The summed E-state index contributed by atoms with van der Waals surface area (Å²) in [5.74, 6) is 0.713. The zero-order valence-corrected chi connectivity index (χ0v) is 10.1. The second-order valence-corrected chi connectivity index (χ2v) is 4.42. The highest BCUT2D eigenvalue weighted by molar-refractivity contribution is 4.98. The van der Waals surface area contributed by atoms with Crippen LogP contribution in [0.25, 0.3) is 0 Å². The van der Waals surface area contributed by atoms with E-state index in [-0.39, 0.29) is 0 Å². The van der Waals surface area contributed by atoms with Crippen LogP contribution in [0.3, 0.4) is 0 Å². The molecule has 0 aromatic carbocycles. The van der Waals surface area contributed by atoms with Crippen molar-refractivity contribution in [2.75, 3.05) is 20.3 Å². The van der Waals surface area contributed by atoms with Crippen molar-refractivity contribution in [1.29, 1.82) is 0 Å². The number of rotatable bonds is 7. The summed E-state index contributed by atoms with van der Waals surface area (Å²) in [7, 11) is 1.75. The second kappa shape index (κ2) is 7.02. The second-order valence-electron chi connectivity index (χ2n) is 4.42. The molecule has 0 aromatic rings. The third-order valence-corrected chi connectivity index (χ3v) is 3.18. The molecular formula is C13H24O2. The smallest absolute Gasteiger partial charge is 0.0604 e. The van der Waals surface area contributed by atoms with Gasteiger partial charge >= 0.3 is 0 Å². The predicted molar refractivity (Wildman–Crippen MR) is 63.0 cm³/mol. The molecular weight excluding hydrogens is 188 g/mol. The Morgan fingerprint density at radius 3 is 3.00 bits per heavy atom. The van der Waals surface area contributed by atoms with E-state index in [4.69, 9.17) is 9.47 Å². The Kier molecular flexibility index (Phi) is 5.96. The molecule has 88 valence electrons. The lowest BCUT2D eigenvalue weighted by molar-refractivity contribution is 0.0873. The van der Waals surface area contributed by atoms with Crippen LogP contribution in [0, 0.1) is 5.92 Å². The maximum atomic E-state index is 5.68. The van der Waals surface area contributed by atoms with Gasteiger partial charge in [-0.15, -0.1) is 0 Å². The van der Waals surface area contributed by atoms with E-state index < -0.39 is 0 Å². The SMILES string of the molecule is C=C(CCCOC)CC1CCOC1CC. The average Bonchev–Trinajstić information content (AvgIpc) is 2.65. The maximum Gasteiger partial charge on any atom is 0.0604 e. The van der Waals surface area contributed by atoms with Crippen LogP contribution in [0.5, 0.6) is 0 Å². The van der Waals surface area contributed by atoms with Gasteiger partial charge < -0.3 is 9.47 Å². The summed E-state index contributed by atoms with van der Waals surface area (Å²) < 4.78 is 10.7. The molecule has 1 rings (SSSR count). The fourth-order valence-corrected chi connectivity index (χ4v) is 2.32. The maximum absolute atomic E-state index is 5.68. The molecule has 15 heavy (non-hydrogen) atoms. The molecule has 0 aliphatic carbocycles. The van der Waals surface area contributed by atoms with Crippen LogP contribution in [0.4, 0.5) is 0 Å². The van der Waals surface area contributed by atoms with E-state index >= 15 is 0 Å². The van der Waals surface area contributed by atoms with Crippen molar-refractivity contribution < 1.29 is 9.47 Å². The number of hydrogen-bond acceptors (Lipinski definition) is 2. The summed E-state index contributed by atoms with van der Waals surface area (Å²) in [5, 5.41) is 0. The van der Waals surface area contributed by atoms with Crippen molar-refractivity contribution in [2.45, 2.75) is 45.1 Å². The fraction of sp³-hybridized carbons (Fsp3) is 0.846. The molecule has 1 aliphatic rings. The van der Waals surface area contributed by atoms with Gasteiger partial charge in [0.2, 0.25) is 0 Å². The molecule has 0 radical (unpaired) electrons. The molecule has 2 unspecified atom stereocenters. The monoisotopic (exact) mass is 212 g/mol. The van der Waals surface area contributed by atoms with E-state index in [1.54, 1.807) is 7.11 Å². The van der Waals surface area contributed by atoms with Gasteiger partial charge in [-0.05, 0) is 38.0 Å². The molecule has 2 heteroatoms. The van der Waals surface area contributed by atoms with Crippen molar-refractivity contribution in [1.82, 2.24) is 0 Å². The Balaban J connectivity index is 2.19. The van der Waals surface area contributed by atoms with Gasteiger partial charge in [0, 0.05) is 20.3 Å². The van der Waals surface area contributed by atoms with Crippen LogP contribution in [0.1, 0.15) is 39.0 Å². The Morgan fingerprint density at radius 1 is 1.53 bits per heavy atom. The first-order valence-corrected chi connectivity index (χ1v) is 6.05. The van der Waals surface area contributed by atoms with Crippen LogP contribution in [0.2, 0.25) is 0 Å². The molecule has 2 atom stereocenters. The van der Waals surface area contributed by atoms with E-state index in [1.165, 1.54) is 12.0 Å². The number of ether oxygens (including phenoxy) is 2. The number of methoxy groups -OCH3 is 1. The molecule has 0 saturated carbocycles. The van der Waals surface area contributed by atoms with Crippen LogP contribution < -0.4 is 0 Å². The van der Waals surface area contributed by atoms with Gasteiger partial charge in [0.1, 0.15) is 0 Å². The Bertz CT molecular complexity index is 189.